The molecule has 2 aliphatic rings. The third kappa shape index (κ3) is 7.33. The highest BCUT2D eigenvalue weighted by atomic mass is 19.4. The van der Waals surface area contributed by atoms with Crippen molar-refractivity contribution in [1.82, 2.24) is 25.3 Å². The SMILES string of the molecule is CCO[C@@H]1CN(C2CCC(n3ccc(C(F)(F)F)n3)CC2)C[C@@H]1NC(=O)CNC(=O)c1cccc(C(F)(F)F)c1. The fourth-order valence-corrected chi connectivity index (χ4v) is 5.36. The molecule has 2 fully saturated rings. The topological polar surface area (TPSA) is 88.5 Å². The van der Waals surface area contributed by atoms with Crippen LogP contribution in [0.2, 0.25) is 0 Å². The molecule has 0 bridgehead atoms. The summed E-state index contributed by atoms with van der Waals surface area (Å²) in [6.07, 6.45) is -5.18. The average Bonchev–Trinajstić information content (AvgIpc) is 3.55. The largest absolute Gasteiger partial charge is 0.435 e. The molecule has 0 spiro atoms. The number of hydrogen-bond donors (Lipinski definition) is 2. The summed E-state index contributed by atoms with van der Waals surface area (Å²) in [5.41, 5.74) is -2.07. The number of alkyl halides is 6. The molecule has 14 heteroatoms. The molecule has 0 radical (unpaired) electrons. The van der Waals surface area contributed by atoms with E-state index in [4.69, 9.17) is 4.74 Å². The van der Waals surface area contributed by atoms with Crippen LogP contribution in [0.4, 0.5) is 26.3 Å². The van der Waals surface area contributed by atoms with Crippen molar-refractivity contribution >= 4 is 11.8 Å². The van der Waals surface area contributed by atoms with Crippen LogP contribution < -0.4 is 10.6 Å². The van der Waals surface area contributed by atoms with Gasteiger partial charge in [-0.3, -0.25) is 19.2 Å². The number of nitrogens with one attached hydrogen (secondary N) is 2. The molecule has 1 aliphatic carbocycles. The molecule has 1 aromatic heterocycles. The van der Waals surface area contributed by atoms with Crippen LogP contribution in [0.15, 0.2) is 36.5 Å². The van der Waals surface area contributed by atoms with E-state index in [1.807, 2.05) is 6.92 Å². The van der Waals surface area contributed by atoms with Gasteiger partial charge in [0.25, 0.3) is 5.91 Å². The van der Waals surface area contributed by atoms with E-state index in [-0.39, 0.29) is 29.8 Å². The van der Waals surface area contributed by atoms with Crippen molar-refractivity contribution in [2.24, 2.45) is 0 Å². The lowest BCUT2D eigenvalue weighted by Gasteiger charge is -2.34. The van der Waals surface area contributed by atoms with E-state index in [0.717, 1.165) is 37.1 Å². The minimum atomic E-state index is -4.59. The average molecular weight is 576 g/mol. The number of ether oxygens (including phenoxy) is 1. The minimum Gasteiger partial charge on any atom is -0.375 e. The molecule has 2 amide bonds. The molecule has 2 N–H and O–H groups in total. The third-order valence-corrected chi connectivity index (χ3v) is 7.34. The van der Waals surface area contributed by atoms with Crippen molar-refractivity contribution in [2.75, 3.05) is 26.2 Å². The van der Waals surface area contributed by atoms with Crippen LogP contribution in [0.3, 0.4) is 0 Å². The molecule has 1 saturated carbocycles. The van der Waals surface area contributed by atoms with Crippen LogP contribution in [-0.4, -0.2) is 70.9 Å². The highest BCUT2D eigenvalue weighted by molar-refractivity contribution is 5.96. The maximum atomic E-state index is 12.9. The Hall–Kier alpha value is -3.13. The Morgan fingerprint density at radius 2 is 1.70 bits per heavy atom. The number of aromatic nitrogens is 2. The molecule has 1 aliphatic heterocycles. The maximum absolute atomic E-state index is 12.9. The van der Waals surface area contributed by atoms with Crippen LogP contribution in [0.1, 0.15) is 60.3 Å². The number of nitrogens with zero attached hydrogens (tertiary/aromatic N) is 3. The Kier molecular flexibility index (Phi) is 9.08. The van der Waals surface area contributed by atoms with Gasteiger partial charge < -0.3 is 15.4 Å². The molecule has 2 atom stereocenters. The van der Waals surface area contributed by atoms with Crippen LogP contribution in [0.5, 0.6) is 0 Å². The number of benzene rings is 1. The quantitative estimate of drug-likeness (QED) is 0.464. The van der Waals surface area contributed by atoms with Gasteiger partial charge in [0.05, 0.1) is 30.3 Å². The molecular weight excluding hydrogens is 544 g/mol. The van der Waals surface area contributed by atoms with Gasteiger partial charge in [0, 0.05) is 37.5 Å². The molecular formula is C26H31F6N5O3. The van der Waals surface area contributed by atoms with E-state index in [9.17, 15) is 35.9 Å². The van der Waals surface area contributed by atoms with Gasteiger partial charge in [0.1, 0.15) is 0 Å². The zero-order valence-electron chi connectivity index (χ0n) is 21.8. The second kappa shape index (κ2) is 12.2. The van der Waals surface area contributed by atoms with E-state index in [1.165, 1.54) is 16.9 Å². The molecule has 4 rings (SSSR count). The minimum absolute atomic E-state index is 0.117. The fraction of sp³-hybridized carbons (Fsp3) is 0.577. The third-order valence-electron chi connectivity index (χ3n) is 7.34. The second-order valence-corrected chi connectivity index (χ2v) is 10.0. The standard InChI is InChI=1S/C26H31F6N5O3/c1-2-40-21-15-36(18-6-8-19(9-7-18)37-11-10-22(35-37)26(30,31)32)14-20(21)34-23(38)13-33-24(39)16-4-3-5-17(12-16)25(27,28)29/h3-5,10-12,18-21H,2,6-9,13-15H2,1H3,(H,33,39)(H,34,38)/t18?,19?,20-,21+/m0/s1. The summed E-state index contributed by atoms with van der Waals surface area (Å²) in [6.45, 7) is 2.89. The first-order valence-corrected chi connectivity index (χ1v) is 13.1. The van der Waals surface area contributed by atoms with Crippen LogP contribution in [0.25, 0.3) is 0 Å². The lowest BCUT2D eigenvalue weighted by Crippen LogP contribution is -2.48. The van der Waals surface area contributed by atoms with Crippen molar-refractivity contribution in [3.05, 3.63) is 53.3 Å². The predicted molar refractivity (Wildman–Crippen MR) is 131 cm³/mol. The van der Waals surface area contributed by atoms with E-state index in [1.54, 1.807) is 0 Å². The number of rotatable bonds is 8. The van der Waals surface area contributed by atoms with Gasteiger partial charge in [-0.15, -0.1) is 0 Å². The van der Waals surface area contributed by atoms with Crippen molar-refractivity contribution in [3.8, 4) is 0 Å². The zero-order chi connectivity index (χ0) is 29.1. The predicted octanol–water partition coefficient (Wildman–Crippen LogP) is 4.04. The van der Waals surface area contributed by atoms with E-state index in [0.29, 0.717) is 32.5 Å². The van der Waals surface area contributed by atoms with Gasteiger partial charge in [-0.25, -0.2) is 0 Å². The van der Waals surface area contributed by atoms with Crippen molar-refractivity contribution in [3.63, 3.8) is 0 Å². The number of carbonyl (C=O) groups is 2. The fourth-order valence-electron chi connectivity index (χ4n) is 5.36. The van der Waals surface area contributed by atoms with Crippen molar-refractivity contribution < 1.29 is 40.7 Å². The summed E-state index contributed by atoms with van der Waals surface area (Å²) in [5.74, 6) is -1.30. The Balaban J connectivity index is 1.28. The summed E-state index contributed by atoms with van der Waals surface area (Å²) < 4.78 is 84.7. The summed E-state index contributed by atoms with van der Waals surface area (Å²) in [5, 5.41) is 8.91. The summed E-state index contributed by atoms with van der Waals surface area (Å²) in [7, 11) is 0. The van der Waals surface area contributed by atoms with Gasteiger partial charge in [-0.2, -0.15) is 31.4 Å². The molecule has 8 nitrogen and oxygen atoms in total. The first kappa shape index (κ1) is 29.8. The van der Waals surface area contributed by atoms with Crippen LogP contribution >= 0.6 is 0 Å². The van der Waals surface area contributed by atoms with Gasteiger partial charge in [0.2, 0.25) is 5.91 Å². The Morgan fingerprint density at radius 3 is 2.33 bits per heavy atom. The number of carbonyl (C=O) groups excluding carboxylic acids is 2. The first-order valence-electron chi connectivity index (χ1n) is 13.1. The van der Waals surface area contributed by atoms with E-state index >= 15 is 0 Å². The lowest BCUT2D eigenvalue weighted by atomic mass is 9.90. The molecule has 2 heterocycles. The molecule has 2 aromatic rings. The first-order chi connectivity index (χ1) is 18.8. The number of amides is 2. The Labute approximate surface area is 227 Å². The molecule has 0 unspecified atom stereocenters. The zero-order valence-corrected chi connectivity index (χ0v) is 21.8. The van der Waals surface area contributed by atoms with Gasteiger partial charge in [-0.1, -0.05) is 6.07 Å². The maximum Gasteiger partial charge on any atom is 0.435 e. The second-order valence-electron chi connectivity index (χ2n) is 10.0. The number of hydrogen-bond acceptors (Lipinski definition) is 5. The Bertz CT molecular complexity index is 1180. The number of halogens is 6. The van der Waals surface area contributed by atoms with Crippen LogP contribution in [0, 0.1) is 0 Å². The van der Waals surface area contributed by atoms with Gasteiger partial charge >= 0.3 is 12.4 Å². The summed E-state index contributed by atoms with van der Waals surface area (Å²) in [4.78, 5) is 27.1. The highest BCUT2D eigenvalue weighted by Gasteiger charge is 2.39. The van der Waals surface area contributed by atoms with Gasteiger partial charge in [0.15, 0.2) is 5.69 Å². The van der Waals surface area contributed by atoms with Crippen molar-refractivity contribution in [1.29, 1.82) is 0 Å². The molecule has 1 saturated heterocycles. The summed E-state index contributed by atoms with van der Waals surface area (Å²) in [6, 6.07) is 4.61. The lowest BCUT2D eigenvalue weighted by molar-refractivity contribution is -0.141. The van der Waals surface area contributed by atoms with Crippen molar-refractivity contribution in [2.45, 2.75) is 69.2 Å². The van der Waals surface area contributed by atoms with Gasteiger partial charge in [-0.05, 0) is 56.9 Å². The smallest absolute Gasteiger partial charge is 0.375 e. The van der Waals surface area contributed by atoms with E-state index in [2.05, 4.69) is 20.6 Å². The van der Waals surface area contributed by atoms with E-state index < -0.39 is 42.0 Å². The highest BCUT2D eigenvalue weighted by Crippen LogP contribution is 2.34. The summed E-state index contributed by atoms with van der Waals surface area (Å²) >= 11 is 0. The van der Waals surface area contributed by atoms with Crippen LogP contribution in [-0.2, 0) is 21.9 Å². The Morgan fingerprint density at radius 1 is 1.00 bits per heavy atom. The molecule has 1 aromatic carbocycles. The normalized spacial score (nSPS) is 24.2. The number of likely N-dealkylation sites (tertiary alicyclic amines) is 1. The molecule has 220 valence electrons. The monoisotopic (exact) mass is 575 g/mol. The molecule has 40 heavy (non-hydrogen) atoms.